The molecule has 0 aliphatic heterocycles. The summed E-state index contributed by atoms with van der Waals surface area (Å²) in [6.07, 6.45) is 3.62. The molecule has 0 heterocycles. The molecule has 1 rings (SSSR count). The first-order valence-corrected chi connectivity index (χ1v) is 7.75. The second-order valence-electron chi connectivity index (χ2n) is 5.14. The topological polar surface area (TPSA) is 66.4 Å². The zero-order valence-corrected chi connectivity index (χ0v) is 12.0. The molecule has 5 heteroatoms. The first-order valence-electron chi connectivity index (χ1n) is 6.59. The number of aliphatic carboxylic acids is 1. The van der Waals surface area contributed by atoms with E-state index < -0.39 is 5.97 Å². The molecule has 0 aromatic heterocycles. The lowest BCUT2D eigenvalue weighted by Crippen LogP contribution is -2.44. The van der Waals surface area contributed by atoms with Crippen LogP contribution in [0.15, 0.2) is 0 Å². The number of hydrogen-bond acceptors (Lipinski definition) is 3. The van der Waals surface area contributed by atoms with Crippen LogP contribution < -0.4 is 5.32 Å². The van der Waals surface area contributed by atoms with Crippen molar-refractivity contribution in [2.45, 2.75) is 45.6 Å². The van der Waals surface area contributed by atoms with Gasteiger partial charge in [0.2, 0.25) is 5.91 Å². The third kappa shape index (κ3) is 5.29. The van der Waals surface area contributed by atoms with Gasteiger partial charge in [0.25, 0.3) is 0 Å². The highest BCUT2D eigenvalue weighted by Crippen LogP contribution is 2.29. The number of carboxylic acids is 1. The van der Waals surface area contributed by atoms with Crippen molar-refractivity contribution in [2.24, 2.45) is 11.8 Å². The van der Waals surface area contributed by atoms with Crippen molar-refractivity contribution in [2.75, 3.05) is 11.5 Å². The second-order valence-corrected chi connectivity index (χ2v) is 6.24. The van der Waals surface area contributed by atoms with Crippen LogP contribution in [0.2, 0.25) is 0 Å². The summed E-state index contributed by atoms with van der Waals surface area (Å²) in [6, 6.07) is 0.293. The molecule has 1 fully saturated rings. The molecule has 1 amide bonds. The van der Waals surface area contributed by atoms with Gasteiger partial charge in [-0.05, 0) is 18.3 Å². The summed E-state index contributed by atoms with van der Waals surface area (Å²) in [6.45, 7) is 4.44. The molecule has 0 bridgehead atoms. The van der Waals surface area contributed by atoms with Crippen LogP contribution in [0.4, 0.5) is 0 Å². The van der Waals surface area contributed by atoms with Crippen LogP contribution in [0.25, 0.3) is 0 Å². The molecule has 104 valence electrons. The van der Waals surface area contributed by atoms with Gasteiger partial charge < -0.3 is 10.4 Å². The SMILES string of the molecule is C[C@@H]1[C@H](C)CCC[C@@H]1NC(=O)CSCCC(=O)O. The Kier molecular flexibility index (Phi) is 6.54. The molecule has 4 nitrogen and oxygen atoms in total. The van der Waals surface area contributed by atoms with E-state index in [1.54, 1.807) is 0 Å². The minimum absolute atomic E-state index is 0.0383. The van der Waals surface area contributed by atoms with Gasteiger partial charge in [-0.15, -0.1) is 0 Å². The van der Waals surface area contributed by atoms with Gasteiger partial charge in [-0.1, -0.05) is 26.7 Å². The molecule has 1 aliphatic carbocycles. The number of carbonyl (C=O) groups excluding carboxylic acids is 1. The predicted molar refractivity (Wildman–Crippen MR) is 73.7 cm³/mol. The maximum Gasteiger partial charge on any atom is 0.304 e. The van der Waals surface area contributed by atoms with Crippen molar-refractivity contribution in [1.29, 1.82) is 0 Å². The maximum atomic E-state index is 11.7. The molecule has 18 heavy (non-hydrogen) atoms. The van der Waals surface area contributed by atoms with Gasteiger partial charge >= 0.3 is 5.97 Å². The van der Waals surface area contributed by atoms with E-state index in [0.29, 0.717) is 29.4 Å². The van der Waals surface area contributed by atoms with E-state index in [2.05, 4.69) is 19.2 Å². The van der Waals surface area contributed by atoms with E-state index in [0.717, 1.165) is 6.42 Å². The summed E-state index contributed by atoms with van der Waals surface area (Å²) in [5.41, 5.74) is 0. The Morgan fingerprint density at radius 1 is 1.33 bits per heavy atom. The van der Waals surface area contributed by atoms with Crippen LogP contribution in [0.5, 0.6) is 0 Å². The highest BCUT2D eigenvalue weighted by molar-refractivity contribution is 7.99. The lowest BCUT2D eigenvalue weighted by molar-refractivity contribution is -0.136. The molecule has 2 N–H and O–H groups in total. The van der Waals surface area contributed by atoms with Gasteiger partial charge in [-0.25, -0.2) is 0 Å². The summed E-state index contributed by atoms with van der Waals surface area (Å²) >= 11 is 1.39. The Hall–Kier alpha value is -0.710. The monoisotopic (exact) mass is 273 g/mol. The highest BCUT2D eigenvalue weighted by atomic mass is 32.2. The van der Waals surface area contributed by atoms with Crippen molar-refractivity contribution < 1.29 is 14.7 Å². The smallest absolute Gasteiger partial charge is 0.304 e. The average molecular weight is 273 g/mol. The Balaban J connectivity index is 2.20. The van der Waals surface area contributed by atoms with Gasteiger partial charge in [0.15, 0.2) is 0 Å². The third-order valence-corrected chi connectivity index (χ3v) is 4.71. The minimum Gasteiger partial charge on any atom is -0.481 e. The van der Waals surface area contributed by atoms with Gasteiger partial charge in [-0.2, -0.15) is 11.8 Å². The number of rotatable bonds is 6. The zero-order valence-electron chi connectivity index (χ0n) is 11.1. The number of thioether (sulfide) groups is 1. The van der Waals surface area contributed by atoms with E-state index in [9.17, 15) is 9.59 Å². The second kappa shape index (κ2) is 7.67. The predicted octanol–water partition coefficient (Wildman–Crippen LogP) is 2.14. The van der Waals surface area contributed by atoms with Crippen molar-refractivity contribution >= 4 is 23.6 Å². The molecule has 0 aromatic rings. The lowest BCUT2D eigenvalue weighted by atomic mass is 9.78. The number of carboxylic acid groups (broad SMARTS) is 1. The van der Waals surface area contributed by atoms with Gasteiger partial charge in [0, 0.05) is 11.8 Å². The molecule has 0 saturated heterocycles. The van der Waals surface area contributed by atoms with Crippen LogP contribution in [0.1, 0.15) is 39.5 Å². The first kappa shape index (κ1) is 15.3. The van der Waals surface area contributed by atoms with Crippen LogP contribution in [-0.2, 0) is 9.59 Å². The summed E-state index contributed by atoms with van der Waals surface area (Å²) in [4.78, 5) is 22.1. The average Bonchev–Trinajstić information content (AvgIpc) is 2.30. The van der Waals surface area contributed by atoms with Gasteiger partial charge in [0.1, 0.15) is 0 Å². The molecular formula is C13H23NO3S. The summed E-state index contributed by atoms with van der Waals surface area (Å²) < 4.78 is 0. The van der Waals surface area contributed by atoms with Crippen molar-refractivity contribution in [3.05, 3.63) is 0 Å². The fraction of sp³-hybridized carbons (Fsp3) is 0.846. The number of nitrogens with one attached hydrogen (secondary N) is 1. The van der Waals surface area contributed by atoms with Crippen LogP contribution in [0, 0.1) is 11.8 Å². The molecule has 0 unspecified atom stereocenters. The molecule has 0 spiro atoms. The largest absolute Gasteiger partial charge is 0.481 e. The van der Waals surface area contributed by atoms with Crippen LogP contribution >= 0.6 is 11.8 Å². The molecular weight excluding hydrogens is 250 g/mol. The van der Waals surface area contributed by atoms with Crippen LogP contribution in [0.3, 0.4) is 0 Å². The summed E-state index contributed by atoms with van der Waals surface area (Å²) in [5, 5.41) is 11.6. The molecule has 1 aliphatic rings. The number of carbonyl (C=O) groups is 2. The summed E-state index contributed by atoms with van der Waals surface area (Å²) in [5.74, 6) is 1.30. The Morgan fingerprint density at radius 3 is 2.72 bits per heavy atom. The fourth-order valence-corrected chi connectivity index (χ4v) is 3.09. The first-order chi connectivity index (χ1) is 8.50. The molecule has 0 aromatic carbocycles. The van der Waals surface area contributed by atoms with Gasteiger partial charge in [0.05, 0.1) is 12.2 Å². The highest BCUT2D eigenvalue weighted by Gasteiger charge is 2.27. The lowest BCUT2D eigenvalue weighted by Gasteiger charge is -2.34. The normalized spacial score (nSPS) is 27.8. The van der Waals surface area contributed by atoms with E-state index in [-0.39, 0.29) is 12.3 Å². The third-order valence-electron chi connectivity index (χ3n) is 3.75. The van der Waals surface area contributed by atoms with Crippen molar-refractivity contribution in [3.63, 3.8) is 0 Å². The van der Waals surface area contributed by atoms with E-state index >= 15 is 0 Å². The van der Waals surface area contributed by atoms with E-state index in [1.165, 1.54) is 24.6 Å². The number of amides is 1. The molecule has 0 radical (unpaired) electrons. The van der Waals surface area contributed by atoms with Gasteiger partial charge in [-0.3, -0.25) is 9.59 Å². The van der Waals surface area contributed by atoms with Crippen molar-refractivity contribution in [1.82, 2.24) is 5.32 Å². The molecule has 1 saturated carbocycles. The van der Waals surface area contributed by atoms with Crippen LogP contribution in [-0.4, -0.2) is 34.5 Å². The zero-order chi connectivity index (χ0) is 13.5. The van der Waals surface area contributed by atoms with Crippen molar-refractivity contribution in [3.8, 4) is 0 Å². The maximum absolute atomic E-state index is 11.7. The van der Waals surface area contributed by atoms with E-state index in [4.69, 9.17) is 5.11 Å². The Labute approximate surface area is 113 Å². The van der Waals surface area contributed by atoms with E-state index in [1.807, 2.05) is 0 Å². The fourth-order valence-electron chi connectivity index (χ4n) is 2.36. The Morgan fingerprint density at radius 2 is 2.06 bits per heavy atom. The summed E-state index contributed by atoms with van der Waals surface area (Å²) in [7, 11) is 0. The minimum atomic E-state index is -0.808. The quantitative estimate of drug-likeness (QED) is 0.728. The Bertz CT molecular complexity index is 296. The number of hydrogen-bond donors (Lipinski definition) is 2. The molecule has 3 atom stereocenters. The standard InChI is InChI=1S/C13H23NO3S/c1-9-4-3-5-11(10(9)2)14-12(15)8-18-7-6-13(16)17/h9-11H,3-8H2,1-2H3,(H,14,15)(H,16,17)/t9-,10-,11+/m1/s1.